The highest BCUT2D eigenvalue weighted by atomic mass is 15.0. The minimum Gasteiger partial charge on any atom is -0.309 e. The van der Waals surface area contributed by atoms with E-state index >= 15 is 0 Å². The van der Waals surface area contributed by atoms with Gasteiger partial charge in [0.25, 0.3) is 0 Å². The minimum absolute atomic E-state index is 0.496. The zero-order chi connectivity index (χ0) is 33.8. The molecule has 0 saturated heterocycles. The fraction of sp³-hybridized carbons (Fsp3) is 0. The van der Waals surface area contributed by atoms with E-state index in [1.807, 2.05) is 60.7 Å². The fourth-order valence-corrected chi connectivity index (χ4v) is 7.37. The lowest BCUT2D eigenvalue weighted by atomic mass is 9.95. The summed E-state index contributed by atoms with van der Waals surface area (Å²) >= 11 is 0. The first-order chi connectivity index (χ1) is 24.7. The van der Waals surface area contributed by atoms with Gasteiger partial charge in [-0.2, -0.15) is 10.5 Å². The highest BCUT2D eigenvalue weighted by molar-refractivity contribution is 6.11. The van der Waals surface area contributed by atoms with Gasteiger partial charge in [-0.15, -0.1) is 0 Å². The van der Waals surface area contributed by atoms with E-state index in [4.69, 9.17) is 6.57 Å². The van der Waals surface area contributed by atoms with E-state index in [1.54, 1.807) is 0 Å². The molecule has 0 spiro atoms. The van der Waals surface area contributed by atoms with Gasteiger partial charge in [0.1, 0.15) is 0 Å². The van der Waals surface area contributed by atoms with Gasteiger partial charge in [-0.25, -0.2) is 4.85 Å². The number of benzene rings is 7. The van der Waals surface area contributed by atoms with Crippen LogP contribution >= 0.6 is 0 Å². The number of fused-ring (bicyclic) bond motifs is 6. The molecule has 0 aliphatic heterocycles. The average molecular weight is 636 g/mol. The summed E-state index contributed by atoms with van der Waals surface area (Å²) in [5, 5.41) is 24.1. The third-order valence-electron chi connectivity index (χ3n) is 9.59. The van der Waals surface area contributed by atoms with E-state index in [9.17, 15) is 10.5 Å². The molecule has 50 heavy (non-hydrogen) atoms. The van der Waals surface area contributed by atoms with Gasteiger partial charge in [-0.05, 0) is 89.0 Å². The monoisotopic (exact) mass is 635 g/mol. The largest absolute Gasteiger partial charge is 0.309 e. The zero-order valence-electron chi connectivity index (χ0n) is 26.7. The van der Waals surface area contributed by atoms with Crippen LogP contribution in [0.1, 0.15) is 11.1 Å². The van der Waals surface area contributed by atoms with Gasteiger partial charge >= 0.3 is 0 Å². The maximum atomic E-state index is 10.0. The van der Waals surface area contributed by atoms with Crippen molar-refractivity contribution >= 4 is 49.3 Å². The van der Waals surface area contributed by atoms with E-state index in [1.165, 1.54) is 10.8 Å². The third-order valence-corrected chi connectivity index (χ3v) is 9.59. The van der Waals surface area contributed by atoms with Gasteiger partial charge in [-0.3, -0.25) is 0 Å². The average Bonchev–Trinajstić information content (AvgIpc) is 3.70. The van der Waals surface area contributed by atoms with E-state index in [-0.39, 0.29) is 0 Å². The molecule has 7 aromatic carbocycles. The molecule has 5 heteroatoms. The van der Waals surface area contributed by atoms with Gasteiger partial charge in [-0.1, -0.05) is 84.9 Å². The van der Waals surface area contributed by atoms with Crippen molar-refractivity contribution in [2.45, 2.75) is 0 Å². The third kappa shape index (κ3) is 4.38. The summed E-state index contributed by atoms with van der Waals surface area (Å²) in [5.74, 6) is 0. The molecule has 0 aliphatic rings. The predicted octanol–water partition coefficient (Wildman–Crippen LogP) is 11.5. The lowest BCUT2D eigenvalue weighted by Crippen LogP contribution is -1.98. The van der Waals surface area contributed by atoms with Crippen molar-refractivity contribution < 1.29 is 0 Å². The normalized spacial score (nSPS) is 11.1. The van der Waals surface area contributed by atoms with Crippen LogP contribution in [0, 0.1) is 29.2 Å². The van der Waals surface area contributed by atoms with Crippen LogP contribution in [0.5, 0.6) is 0 Å². The summed E-state index contributed by atoms with van der Waals surface area (Å²) < 4.78 is 4.47. The van der Waals surface area contributed by atoms with Gasteiger partial charge in [0.05, 0.1) is 57.6 Å². The lowest BCUT2D eigenvalue weighted by molar-refractivity contribution is 1.18. The fourth-order valence-electron chi connectivity index (χ4n) is 7.37. The maximum Gasteiger partial charge on any atom is 0.195 e. The van der Waals surface area contributed by atoms with Gasteiger partial charge < -0.3 is 9.13 Å². The molecule has 0 unspecified atom stereocenters. The molecule has 9 aromatic rings. The quantitative estimate of drug-likeness (QED) is 0.181. The van der Waals surface area contributed by atoms with Crippen molar-refractivity contribution in [3.63, 3.8) is 0 Å². The topological polar surface area (TPSA) is 61.8 Å². The van der Waals surface area contributed by atoms with Crippen molar-refractivity contribution in [2.24, 2.45) is 0 Å². The van der Waals surface area contributed by atoms with Crippen molar-refractivity contribution in [1.29, 1.82) is 10.5 Å². The molecule has 5 nitrogen and oxygen atoms in total. The standard InChI is InChI=1S/C45H25N5/c1-48-40-20-19-32(31-9-8-10-33(25-31)49-41-14-5-2-11-34(41)35-12-3-6-15-42(35)49)26-37(40)39-24-30(28-47)18-22-45(39)50-43-16-7-4-13-36(43)38-23-29(27-46)17-21-44(38)50/h2-26H. The number of nitriles is 2. The maximum absolute atomic E-state index is 10.0. The Morgan fingerprint density at radius 1 is 0.460 bits per heavy atom. The Morgan fingerprint density at radius 2 is 1.04 bits per heavy atom. The Balaban J connectivity index is 1.26. The molecule has 2 aromatic heterocycles. The van der Waals surface area contributed by atoms with Crippen molar-refractivity contribution in [3.8, 4) is 45.8 Å². The molecule has 0 atom stereocenters. The van der Waals surface area contributed by atoms with Crippen LogP contribution in [0.25, 0.3) is 82.1 Å². The van der Waals surface area contributed by atoms with E-state index < -0.39 is 0 Å². The van der Waals surface area contributed by atoms with Crippen LogP contribution in [0.2, 0.25) is 0 Å². The van der Waals surface area contributed by atoms with Crippen molar-refractivity contribution in [2.75, 3.05) is 0 Å². The van der Waals surface area contributed by atoms with Crippen LogP contribution in [-0.4, -0.2) is 9.13 Å². The molecule has 0 N–H and O–H groups in total. The van der Waals surface area contributed by atoms with E-state index in [2.05, 4.69) is 117 Å². The first-order valence-electron chi connectivity index (χ1n) is 16.3. The smallest absolute Gasteiger partial charge is 0.195 e. The molecule has 230 valence electrons. The van der Waals surface area contributed by atoms with E-state index in [0.29, 0.717) is 16.8 Å². The minimum atomic E-state index is 0.496. The molecular formula is C45H25N5. The summed E-state index contributed by atoms with van der Waals surface area (Å²) in [5.41, 5.74) is 11.2. The Bertz CT molecular complexity index is 2920. The summed E-state index contributed by atoms with van der Waals surface area (Å²) in [6.45, 7) is 8.16. The first kappa shape index (κ1) is 28.8. The molecule has 0 radical (unpaired) electrons. The van der Waals surface area contributed by atoms with Crippen LogP contribution in [0.15, 0.2) is 152 Å². The second-order valence-electron chi connectivity index (χ2n) is 12.3. The molecule has 0 fully saturated rings. The lowest BCUT2D eigenvalue weighted by Gasteiger charge is -2.17. The van der Waals surface area contributed by atoms with Crippen LogP contribution < -0.4 is 0 Å². The van der Waals surface area contributed by atoms with E-state index in [0.717, 1.165) is 66.5 Å². The van der Waals surface area contributed by atoms with Crippen LogP contribution in [-0.2, 0) is 0 Å². The Labute approximate surface area is 288 Å². The number of aromatic nitrogens is 2. The Hall–Kier alpha value is -7.39. The number of nitrogens with zero attached hydrogens (tertiary/aromatic N) is 5. The molecule has 0 bridgehead atoms. The molecule has 0 amide bonds. The zero-order valence-corrected chi connectivity index (χ0v) is 26.7. The van der Waals surface area contributed by atoms with Gasteiger partial charge in [0, 0.05) is 27.2 Å². The molecule has 2 heterocycles. The highest BCUT2D eigenvalue weighted by Gasteiger charge is 2.19. The number of hydrogen-bond donors (Lipinski definition) is 0. The highest BCUT2D eigenvalue weighted by Crippen LogP contribution is 2.42. The van der Waals surface area contributed by atoms with Crippen molar-refractivity contribution in [1.82, 2.24) is 9.13 Å². The molecular weight excluding hydrogens is 611 g/mol. The summed E-state index contributed by atoms with van der Waals surface area (Å²) in [4.78, 5) is 3.95. The number of para-hydroxylation sites is 3. The molecule has 0 aliphatic carbocycles. The summed E-state index contributed by atoms with van der Waals surface area (Å²) in [6.07, 6.45) is 0. The molecule has 9 rings (SSSR count). The van der Waals surface area contributed by atoms with Crippen LogP contribution in [0.4, 0.5) is 5.69 Å². The van der Waals surface area contributed by atoms with Crippen LogP contribution in [0.3, 0.4) is 0 Å². The Kier molecular flexibility index (Phi) is 6.56. The van der Waals surface area contributed by atoms with Gasteiger partial charge in [0.2, 0.25) is 0 Å². The molecule has 0 saturated carbocycles. The summed E-state index contributed by atoms with van der Waals surface area (Å²) in [6, 6.07) is 55.5. The number of hydrogen-bond acceptors (Lipinski definition) is 2. The first-order valence-corrected chi connectivity index (χ1v) is 16.3. The van der Waals surface area contributed by atoms with Crippen molar-refractivity contribution in [3.05, 3.63) is 174 Å². The number of rotatable bonds is 4. The SMILES string of the molecule is [C-]#[N+]c1ccc(-c2cccc(-n3c4ccccc4c4ccccc43)c2)cc1-c1cc(C#N)ccc1-n1c2ccccc2c2cc(C#N)ccc21. The Morgan fingerprint density at radius 3 is 1.72 bits per heavy atom. The second kappa shape index (κ2) is 11.4. The predicted molar refractivity (Wildman–Crippen MR) is 202 cm³/mol. The summed E-state index contributed by atoms with van der Waals surface area (Å²) in [7, 11) is 0. The second-order valence-corrected chi connectivity index (χ2v) is 12.3. The van der Waals surface area contributed by atoms with Gasteiger partial charge in [0.15, 0.2) is 5.69 Å².